The third-order valence-corrected chi connectivity index (χ3v) is 5.56. The lowest BCUT2D eigenvalue weighted by molar-refractivity contribution is -0.147. The van der Waals surface area contributed by atoms with Crippen molar-refractivity contribution < 1.29 is 23.7 Å². The standard InChI is InChI=1S/C18H20N4O5/c1-9-5-12(20-27-9)19-13(23)7-21(2)14(24)8-22-17(25)15-10-3-4-11(6-10)16(15)18(22)26/h3-5,10-11,15-16H,6-8H2,1-2H3,(H,19,20,23)/t10-,11-,15+,16+/m0/s1. The van der Waals surface area contributed by atoms with Gasteiger partial charge in [-0.05, 0) is 25.2 Å². The Hall–Kier alpha value is -2.97. The molecule has 142 valence electrons. The third-order valence-electron chi connectivity index (χ3n) is 5.56. The Morgan fingerprint density at radius 2 is 1.89 bits per heavy atom. The molecule has 1 saturated carbocycles. The average molecular weight is 372 g/mol. The Kier molecular flexibility index (Phi) is 4.09. The first-order valence-electron chi connectivity index (χ1n) is 8.86. The maximum absolute atomic E-state index is 12.6. The third kappa shape index (κ3) is 2.92. The number of rotatable bonds is 5. The number of nitrogens with zero attached hydrogens (tertiary/aromatic N) is 3. The molecule has 1 N–H and O–H groups in total. The van der Waals surface area contributed by atoms with E-state index in [1.54, 1.807) is 13.0 Å². The molecule has 2 aliphatic carbocycles. The summed E-state index contributed by atoms with van der Waals surface area (Å²) in [5.74, 6) is -1.10. The Morgan fingerprint density at radius 1 is 1.26 bits per heavy atom. The number of likely N-dealkylation sites (N-methyl/N-ethyl adjacent to an activating group) is 1. The van der Waals surface area contributed by atoms with Crippen molar-refractivity contribution >= 4 is 29.4 Å². The van der Waals surface area contributed by atoms with Gasteiger partial charge in [0.2, 0.25) is 23.6 Å². The highest BCUT2D eigenvalue weighted by Crippen LogP contribution is 2.52. The van der Waals surface area contributed by atoms with Crippen LogP contribution in [0.2, 0.25) is 0 Å². The van der Waals surface area contributed by atoms with E-state index in [0.29, 0.717) is 5.76 Å². The average Bonchev–Trinajstić information content (AvgIpc) is 3.36. The molecule has 9 nitrogen and oxygen atoms in total. The second-order valence-electron chi connectivity index (χ2n) is 7.38. The number of hydrogen-bond donors (Lipinski definition) is 1. The molecule has 2 fully saturated rings. The molecule has 27 heavy (non-hydrogen) atoms. The highest BCUT2D eigenvalue weighted by Gasteiger charge is 2.59. The van der Waals surface area contributed by atoms with Gasteiger partial charge in [0.25, 0.3) is 0 Å². The molecular formula is C18H20N4O5. The largest absolute Gasteiger partial charge is 0.360 e. The number of fused-ring (bicyclic) bond motifs is 5. The first-order valence-corrected chi connectivity index (χ1v) is 8.86. The van der Waals surface area contributed by atoms with Crippen molar-refractivity contribution in [1.29, 1.82) is 0 Å². The molecule has 4 atom stereocenters. The van der Waals surface area contributed by atoms with Crippen molar-refractivity contribution in [1.82, 2.24) is 15.0 Å². The number of imide groups is 1. The minimum absolute atomic E-state index is 0.103. The Balaban J connectivity index is 1.34. The first kappa shape index (κ1) is 17.4. The molecule has 0 radical (unpaired) electrons. The molecule has 9 heteroatoms. The predicted octanol–water partition coefficient (Wildman–Crippen LogP) is 0.187. The lowest BCUT2D eigenvalue weighted by Crippen LogP contribution is -2.44. The van der Waals surface area contributed by atoms with Gasteiger partial charge in [0.05, 0.1) is 18.4 Å². The van der Waals surface area contributed by atoms with E-state index in [2.05, 4.69) is 10.5 Å². The molecule has 2 bridgehead atoms. The Bertz CT molecular complexity index is 830. The molecule has 4 amide bonds. The molecule has 0 spiro atoms. The predicted molar refractivity (Wildman–Crippen MR) is 91.9 cm³/mol. The molecule has 2 heterocycles. The summed E-state index contributed by atoms with van der Waals surface area (Å²) in [7, 11) is 1.45. The van der Waals surface area contributed by atoms with Crippen LogP contribution in [0.25, 0.3) is 0 Å². The van der Waals surface area contributed by atoms with Crippen molar-refractivity contribution in [2.75, 3.05) is 25.5 Å². The SMILES string of the molecule is Cc1cc(NC(=O)CN(C)C(=O)CN2C(=O)[C@H]3[C@H](C2=O)[C@H]2C=C[C@H]3C2)no1. The molecule has 0 aromatic carbocycles. The van der Waals surface area contributed by atoms with Gasteiger partial charge in [-0.1, -0.05) is 17.3 Å². The molecule has 3 aliphatic rings. The fourth-order valence-electron chi connectivity index (χ4n) is 4.29. The summed E-state index contributed by atoms with van der Waals surface area (Å²) in [6.45, 7) is 1.14. The zero-order chi connectivity index (χ0) is 19.3. The number of allylic oxidation sites excluding steroid dienone is 2. The van der Waals surface area contributed by atoms with Gasteiger partial charge in [0, 0.05) is 13.1 Å². The van der Waals surface area contributed by atoms with Crippen LogP contribution >= 0.6 is 0 Å². The van der Waals surface area contributed by atoms with Crippen LogP contribution in [0.15, 0.2) is 22.7 Å². The van der Waals surface area contributed by atoms with E-state index in [4.69, 9.17) is 4.52 Å². The number of amides is 4. The molecule has 4 rings (SSSR count). The first-order chi connectivity index (χ1) is 12.8. The number of likely N-dealkylation sites (tertiary alicyclic amines) is 1. The van der Waals surface area contributed by atoms with Gasteiger partial charge in [-0.3, -0.25) is 24.1 Å². The van der Waals surface area contributed by atoms with E-state index in [-0.39, 0.29) is 54.4 Å². The van der Waals surface area contributed by atoms with Crippen molar-refractivity contribution in [3.63, 3.8) is 0 Å². The number of nitrogens with one attached hydrogen (secondary N) is 1. The zero-order valence-electron chi connectivity index (χ0n) is 15.0. The molecular weight excluding hydrogens is 352 g/mol. The van der Waals surface area contributed by atoms with Crippen LogP contribution in [0.3, 0.4) is 0 Å². The molecule has 1 aromatic rings. The number of carbonyl (C=O) groups excluding carboxylic acids is 4. The number of anilines is 1. The number of aryl methyl sites for hydroxylation is 1. The lowest BCUT2D eigenvalue weighted by atomic mass is 9.85. The van der Waals surface area contributed by atoms with E-state index in [1.165, 1.54) is 11.9 Å². The number of hydrogen-bond acceptors (Lipinski definition) is 6. The van der Waals surface area contributed by atoms with Gasteiger partial charge in [0.15, 0.2) is 5.82 Å². The van der Waals surface area contributed by atoms with Gasteiger partial charge in [-0.25, -0.2) is 0 Å². The van der Waals surface area contributed by atoms with E-state index in [9.17, 15) is 19.2 Å². The molecule has 0 unspecified atom stereocenters. The smallest absolute Gasteiger partial charge is 0.245 e. The highest BCUT2D eigenvalue weighted by atomic mass is 16.5. The van der Waals surface area contributed by atoms with Crippen LogP contribution in [0, 0.1) is 30.6 Å². The summed E-state index contributed by atoms with van der Waals surface area (Å²) in [4.78, 5) is 51.9. The summed E-state index contributed by atoms with van der Waals surface area (Å²) in [6.07, 6.45) is 4.85. The van der Waals surface area contributed by atoms with E-state index < -0.39 is 11.8 Å². The summed E-state index contributed by atoms with van der Waals surface area (Å²) in [5, 5.41) is 6.17. The van der Waals surface area contributed by atoms with Crippen molar-refractivity contribution in [2.24, 2.45) is 23.7 Å². The van der Waals surface area contributed by atoms with Crippen LogP contribution in [0.1, 0.15) is 12.2 Å². The monoisotopic (exact) mass is 372 g/mol. The minimum Gasteiger partial charge on any atom is -0.360 e. The van der Waals surface area contributed by atoms with Crippen molar-refractivity contribution in [3.05, 3.63) is 24.0 Å². The molecule has 1 aliphatic heterocycles. The Labute approximate surface area is 155 Å². The number of carbonyl (C=O) groups is 4. The van der Waals surface area contributed by atoms with Crippen LogP contribution in [0.5, 0.6) is 0 Å². The summed E-state index contributed by atoms with van der Waals surface area (Å²) >= 11 is 0. The van der Waals surface area contributed by atoms with Gasteiger partial charge in [-0.2, -0.15) is 0 Å². The second-order valence-corrected chi connectivity index (χ2v) is 7.38. The van der Waals surface area contributed by atoms with Crippen molar-refractivity contribution in [2.45, 2.75) is 13.3 Å². The Morgan fingerprint density at radius 3 is 2.44 bits per heavy atom. The fourth-order valence-corrected chi connectivity index (χ4v) is 4.29. The molecule has 1 aromatic heterocycles. The van der Waals surface area contributed by atoms with Crippen LogP contribution in [0.4, 0.5) is 5.82 Å². The van der Waals surface area contributed by atoms with Crippen molar-refractivity contribution in [3.8, 4) is 0 Å². The highest BCUT2D eigenvalue weighted by molar-refractivity contribution is 6.08. The minimum atomic E-state index is -0.469. The van der Waals surface area contributed by atoms with E-state index >= 15 is 0 Å². The van der Waals surface area contributed by atoms with Gasteiger partial charge < -0.3 is 14.7 Å². The molecule has 1 saturated heterocycles. The van der Waals surface area contributed by atoms with Crippen LogP contribution in [-0.2, 0) is 19.2 Å². The van der Waals surface area contributed by atoms with Gasteiger partial charge >= 0.3 is 0 Å². The quantitative estimate of drug-likeness (QED) is 0.583. The zero-order valence-corrected chi connectivity index (χ0v) is 15.0. The maximum Gasteiger partial charge on any atom is 0.245 e. The topological polar surface area (TPSA) is 113 Å². The van der Waals surface area contributed by atoms with Crippen LogP contribution in [-0.4, -0.2) is 58.7 Å². The van der Waals surface area contributed by atoms with Crippen LogP contribution < -0.4 is 5.32 Å². The summed E-state index contributed by atoms with van der Waals surface area (Å²) in [6, 6.07) is 1.56. The van der Waals surface area contributed by atoms with E-state index in [1.807, 2.05) is 12.2 Å². The lowest BCUT2D eigenvalue weighted by Gasteiger charge is -2.21. The van der Waals surface area contributed by atoms with E-state index in [0.717, 1.165) is 11.3 Å². The normalized spacial score (nSPS) is 28.0. The second kappa shape index (κ2) is 6.33. The summed E-state index contributed by atoms with van der Waals surface area (Å²) in [5.41, 5.74) is 0. The van der Waals surface area contributed by atoms with Gasteiger partial charge in [0.1, 0.15) is 12.3 Å². The fraction of sp³-hybridized carbons (Fsp3) is 0.500. The number of aromatic nitrogens is 1. The van der Waals surface area contributed by atoms with Gasteiger partial charge in [-0.15, -0.1) is 0 Å². The maximum atomic E-state index is 12.6. The summed E-state index contributed by atoms with van der Waals surface area (Å²) < 4.78 is 4.86.